The largest absolute Gasteiger partial charge is 0.486 e. The predicted octanol–water partition coefficient (Wildman–Crippen LogP) is 2.51. The van der Waals surface area contributed by atoms with Crippen LogP contribution in [0.15, 0.2) is 12.0 Å². The Kier molecular flexibility index (Phi) is 6.82. The summed E-state index contributed by atoms with van der Waals surface area (Å²) in [7, 11) is 0. The molecule has 0 aromatic rings. The van der Waals surface area contributed by atoms with Crippen LogP contribution in [0, 0.1) is 11.3 Å². The molecule has 0 saturated heterocycles. The number of ether oxygens (including phenoxy) is 1. The van der Waals surface area contributed by atoms with Gasteiger partial charge in [0.05, 0.1) is 24.3 Å². The van der Waals surface area contributed by atoms with Gasteiger partial charge in [-0.05, 0) is 24.5 Å². The van der Waals surface area contributed by atoms with Gasteiger partial charge in [0.25, 0.3) is 0 Å². The zero-order chi connectivity index (χ0) is 9.40. The first-order chi connectivity index (χ1) is 5.76. The third kappa shape index (κ3) is 4.37. The van der Waals surface area contributed by atoms with E-state index in [1.807, 2.05) is 6.92 Å². The topological polar surface area (TPSA) is 33.0 Å². The molecule has 0 amide bonds. The first-order valence-electron chi connectivity index (χ1n) is 3.56. The third-order valence-corrected chi connectivity index (χ3v) is 2.54. The average molecular weight is 201 g/mol. The Labute approximate surface area is 82.6 Å². The Morgan fingerprint density at radius 2 is 2.58 bits per heavy atom. The molecule has 0 rings (SSSR count). The van der Waals surface area contributed by atoms with Gasteiger partial charge in [0.15, 0.2) is 5.05 Å². The summed E-state index contributed by atoms with van der Waals surface area (Å²) in [6, 6.07) is 2.06. The Hall–Kier alpha value is -0.530. The summed E-state index contributed by atoms with van der Waals surface area (Å²) >= 11 is 6.39. The van der Waals surface area contributed by atoms with E-state index < -0.39 is 0 Å². The highest BCUT2D eigenvalue weighted by Gasteiger charge is 2.13. The smallest absolute Gasteiger partial charge is 0.174 e. The molecular weight excluding hydrogens is 190 g/mol. The lowest BCUT2D eigenvalue weighted by Gasteiger charge is -2.11. The highest BCUT2D eigenvalue weighted by molar-refractivity contribution is 8.04. The molecular formula is C8H11NOS2. The maximum atomic E-state index is 8.47. The van der Waals surface area contributed by atoms with Crippen LogP contribution in [0.1, 0.15) is 13.3 Å². The zero-order valence-corrected chi connectivity index (χ0v) is 8.58. The molecule has 0 aromatic heterocycles. The molecule has 0 fully saturated rings. The van der Waals surface area contributed by atoms with E-state index in [9.17, 15) is 0 Å². The lowest BCUT2D eigenvalue weighted by molar-refractivity contribution is 0.329. The van der Waals surface area contributed by atoms with Crippen LogP contribution in [-0.2, 0) is 4.74 Å². The van der Waals surface area contributed by atoms with Gasteiger partial charge >= 0.3 is 0 Å². The van der Waals surface area contributed by atoms with E-state index >= 15 is 0 Å². The minimum Gasteiger partial charge on any atom is -0.486 e. The highest BCUT2D eigenvalue weighted by atomic mass is 32.2. The summed E-state index contributed by atoms with van der Waals surface area (Å²) in [4.78, 5) is 0. The third-order valence-electron chi connectivity index (χ3n) is 1.09. The van der Waals surface area contributed by atoms with Crippen molar-refractivity contribution in [2.24, 2.45) is 0 Å². The van der Waals surface area contributed by atoms with Crippen LogP contribution >= 0.6 is 24.0 Å². The fourth-order valence-corrected chi connectivity index (χ4v) is 1.57. The molecule has 0 aliphatic carbocycles. The van der Waals surface area contributed by atoms with Gasteiger partial charge in [-0.25, -0.2) is 0 Å². The minimum atomic E-state index is -0.0533. The van der Waals surface area contributed by atoms with E-state index in [1.54, 1.807) is 5.41 Å². The van der Waals surface area contributed by atoms with Gasteiger partial charge in [-0.3, -0.25) is 0 Å². The number of thiocarbonyl (C=S) groups is 1. The number of hydrogen-bond donors (Lipinski definition) is 0. The zero-order valence-electron chi connectivity index (χ0n) is 6.95. The second-order valence-corrected chi connectivity index (χ2v) is 3.48. The number of nitriles is 1. The van der Waals surface area contributed by atoms with Gasteiger partial charge in [-0.2, -0.15) is 5.26 Å². The molecule has 0 saturated carbocycles. The summed E-state index contributed by atoms with van der Waals surface area (Å²) in [5.74, 6) is 0. The predicted molar refractivity (Wildman–Crippen MR) is 56.0 cm³/mol. The van der Waals surface area contributed by atoms with Crippen LogP contribution in [0.25, 0.3) is 0 Å². The number of thioether (sulfide) groups is 1. The van der Waals surface area contributed by atoms with Gasteiger partial charge < -0.3 is 4.74 Å². The molecule has 0 aromatic carbocycles. The lowest BCUT2D eigenvalue weighted by Crippen LogP contribution is -2.17. The van der Waals surface area contributed by atoms with E-state index in [4.69, 9.17) is 22.2 Å². The molecule has 2 nitrogen and oxygen atoms in total. The summed E-state index contributed by atoms with van der Waals surface area (Å²) in [5.41, 5.74) is 0. The number of rotatable bonds is 5. The normalized spacial score (nSPS) is 11.3. The van der Waals surface area contributed by atoms with Crippen LogP contribution in [0.4, 0.5) is 0 Å². The van der Waals surface area contributed by atoms with Gasteiger partial charge in [0.1, 0.15) is 0 Å². The van der Waals surface area contributed by atoms with Crippen LogP contribution < -0.4 is 0 Å². The Morgan fingerprint density at radius 3 is 3.00 bits per heavy atom. The molecule has 0 heterocycles. The SMILES string of the molecule is C=CSC(CC#N)C(=S)OCC. The second kappa shape index (κ2) is 7.14. The van der Waals surface area contributed by atoms with Crippen LogP contribution in [-0.4, -0.2) is 16.9 Å². The molecule has 1 unspecified atom stereocenters. The molecule has 0 N–H and O–H groups in total. The average Bonchev–Trinajstić information content (AvgIpc) is 2.04. The van der Waals surface area contributed by atoms with Crippen molar-refractivity contribution in [2.75, 3.05) is 6.61 Å². The van der Waals surface area contributed by atoms with Gasteiger partial charge in [0.2, 0.25) is 0 Å². The first-order valence-corrected chi connectivity index (χ1v) is 4.91. The van der Waals surface area contributed by atoms with E-state index in [2.05, 4.69) is 12.6 Å². The summed E-state index contributed by atoms with van der Waals surface area (Å²) in [5, 5.41) is 10.6. The van der Waals surface area contributed by atoms with Gasteiger partial charge in [-0.1, -0.05) is 6.58 Å². The van der Waals surface area contributed by atoms with Crippen molar-refractivity contribution in [1.82, 2.24) is 0 Å². The molecule has 0 radical (unpaired) electrons. The van der Waals surface area contributed by atoms with Crippen molar-refractivity contribution >= 4 is 29.0 Å². The lowest BCUT2D eigenvalue weighted by atomic mass is 10.3. The van der Waals surface area contributed by atoms with Crippen molar-refractivity contribution in [2.45, 2.75) is 18.6 Å². The minimum absolute atomic E-state index is 0.0533. The standard InChI is InChI=1S/C8H11NOS2/c1-3-10-8(11)7(5-6-9)12-4-2/h4,7H,2-3,5H2,1H3. The maximum Gasteiger partial charge on any atom is 0.174 e. The van der Waals surface area contributed by atoms with Crippen molar-refractivity contribution in [3.8, 4) is 6.07 Å². The molecule has 66 valence electrons. The first kappa shape index (κ1) is 11.5. The molecule has 0 aliphatic heterocycles. The van der Waals surface area contributed by atoms with Crippen LogP contribution in [0.5, 0.6) is 0 Å². The fraction of sp³-hybridized carbons (Fsp3) is 0.500. The molecule has 12 heavy (non-hydrogen) atoms. The van der Waals surface area contributed by atoms with Crippen molar-refractivity contribution in [1.29, 1.82) is 5.26 Å². The Balaban J connectivity index is 4.00. The van der Waals surface area contributed by atoms with E-state index in [1.165, 1.54) is 11.8 Å². The van der Waals surface area contributed by atoms with Gasteiger partial charge in [-0.15, -0.1) is 11.8 Å². The van der Waals surface area contributed by atoms with Crippen molar-refractivity contribution in [3.05, 3.63) is 12.0 Å². The molecule has 1 atom stereocenters. The summed E-state index contributed by atoms with van der Waals surface area (Å²) in [6.45, 7) is 5.99. The van der Waals surface area contributed by atoms with Crippen LogP contribution in [0.3, 0.4) is 0 Å². The number of nitrogens with zero attached hydrogens (tertiary/aromatic N) is 1. The van der Waals surface area contributed by atoms with E-state index in [-0.39, 0.29) is 5.25 Å². The quantitative estimate of drug-likeness (QED) is 0.640. The van der Waals surface area contributed by atoms with Gasteiger partial charge in [0, 0.05) is 0 Å². The van der Waals surface area contributed by atoms with Crippen molar-refractivity contribution < 1.29 is 4.74 Å². The Bertz CT molecular complexity index is 198. The molecule has 0 bridgehead atoms. The van der Waals surface area contributed by atoms with E-state index in [0.29, 0.717) is 18.1 Å². The van der Waals surface area contributed by atoms with Crippen LogP contribution in [0.2, 0.25) is 0 Å². The highest BCUT2D eigenvalue weighted by Crippen LogP contribution is 2.17. The molecule has 0 spiro atoms. The summed E-state index contributed by atoms with van der Waals surface area (Å²) in [6.07, 6.45) is 0.371. The molecule has 0 aliphatic rings. The number of hydrogen-bond acceptors (Lipinski definition) is 4. The Morgan fingerprint density at radius 1 is 1.92 bits per heavy atom. The fourth-order valence-electron chi connectivity index (χ4n) is 0.621. The monoisotopic (exact) mass is 201 g/mol. The maximum absolute atomic E-state index is 8.47. The van der Waals surface area contributed by atoms with E-state index in [0.717, 1.165) is 0 Å². The second-order valence-electron chi connectivity index (χ2n) is 1.91. The molecule has 4 heteroatoms. The summed E-state index contributed by atoms with van der Waals surface area (Å²) < 4.78 is 5.12. The van der Waals surface area contributed by atoms with Crippen molar-refractivity contribution in [3.63, 3.8) is 0 Å².